The van der Waals surface area contributed by atoms with Crippen LogP contribution >= 0.6 is 0 Å². The Morgan fingerprint density at radius 3 is 2.19 bits per heavy atom. The molecular weight excluding hydrogens is 234 g/mol. The summed E-state index contributed by atoms with van der Waals surface area (Å²) in [5.41, 5.74) is 0. The van der Waals surface area contributed by atoms with Gasteiger partial charge in [0.05, 0.1) is 12.2 Å². The number of sulfonamides is 1. The molecular formula is C9H17NO5S. The second kappa shape index (κ2) is 4.68. The summed E-state index contributed by atoms with van der Waals surface area (Å²) in [7, 11) is -3.77. The number of carboxylic acid groups (broad SMARTS) is 1. The van der Waals surface area contributed by atoms with E-state index in [0.29, 0.717) is 0 Å². The molecule has 0 aromatic rings. The van der Waals surface area contributed by atoms with E-state index >= 15 is 0 Å². The Kier molecular flexibility index (Phi) is 3.92. The standard InChI is InChI=1S/C9H17NO5S/c1-6-4-10(5-7(2)15-6)16(13,14)8(3)9(11)12/h6-8H,4-5H2,1-3H3,(H,11,12)/t6-,7+,8?. The molecule has 0 saturated carbocycles. The van der Waals surface area contributed by atoms with Crippen molar-refractivity contribution in [1.29, 1.82) is 0 Å². The molecule has 1 aliphatic rings. The number of hydrogen-bond donors (Lipinski definition) is 1. The second-order valence-corrected chi connectivity index (χ2v) is 6.35. The Labute approximate surface area is 95.2 Å². The summed E-state index contributed by atoms with van der Waals surface area (Å²) in [5, 5.41) is 7.33. The molecule has 0 aromatic carbocycles. The number of carbonyl (C=O) groups is 1. The predicted molar refractivity (Wildman–Crippen MR) is 57.6 cm³/mol. The predicted octanol–water partition coefficient (Wildman–Crippen LogP) is -0.102. The fraction of sp³-hybridized carbons (Fsp3) is 0.889. The molecule has 0 amide bonds. The summed E-state index contributed by atoms with van der Waals surface area (Å²) in [6.07, 6.45) is -0.418. The third-order valence-electron chi connectivity index (χ3n) is 2.54. The maximum absolute atomic E-state index is 11.9. The zero-order chi connectivity index (χ0) is 12.5. The van der Waals surface area contributed by atoms with Crippen LogP contribution in [0.4, 0.5) is 0 Å². The summed E-state index contributed by atoms with van der Waals surface area (Å²) in [5.74, 6) is -1.33. The molecule has 1 unspecified atom stereocenters. The van der Waals surface area contributed by atoms with Crippen molar-refractivity contribution in [2.24, 2.45) is 0 Å². The molecule has 94 valence electrons. The number of nitrogens with zero attached hydrogens (tertiary/aromatic N) is 1. The van der Waals surface area contributed by atoms with E-state index in [1.165, 1.54) is 11.2 Å². The van der Waals surface area contributed by atoms with Gasteiger partial charge in [-0.1, -0.05) is 0 Å². The van der Waals surface area contributed by atoms with Crippen LogP contribution in [0.5, 0.6) is 0 Å². The van der Waals surface area contributed by atoms with Gasteiger partial charge < -0.3 is 9.84 Å². The van der Waals surface area contributed by atoms with Crippen LogP contribution in [0, 0.1) is 0 Å². The van der Waals surface area contributed by atoms with Crippen LogP contribution in [-0.4, -0.2) is 54.3 Å². The third-order valence-corrected chi connectivity index (χ3v) is 4.65. The molecule has 3 atom stereocenters. The minimum atomic E-state index is -3.77. The SMILES string of the molecule is CC(C(=O)O)S(=O)(=O)N1C[C@@H](C)O[C@@H](C)C1. The lowest BCUT2D eigenvalue weighted by atomic mass is 10.3. The average Bonchev–Trinajstić information content (AvgIpc) is 2.14. The van der Waals surface area contributed by atoms with Gasteiger partial charge in [-0.2, -0.15) is 4.31 Å². The van der Waals surface area contributed by atoms with Gasteiger partial charge in [0, 0.05) is 13.1 Å². The van der Waals surface area contributed by atoms with Gasteiger partial charge in [0.15, 0.2) is 5.25 Å². The second-order valence-electron chi connectivity index (χ2n) is 4.10. The van der Waals surface area contributed by atoms with Crippen LogP contribution in [0.15, 0.2) is 0 Å². The van der Waals surface area contributed by atoms with Crippen molar-refractivity contribution in [3.8, 4) is 0 Å². The summed E-state index contributed by atoms with van der Waals surface area (Å²) in [6.45, 7) is 5.14. The van der Waals surface area contributed by atoms with E-state index in [2.05, 4.69) is 0 Å². The number of rotatable bonds is 3. The quantitative estimate of drug-likeness (QED) is 0.757. The zero-order valence-corrected chi connectivity index (χ0v) is 10.4. The summed E-state index contributed by atoms with van der Waals surface area (Å²) in [6, 6.07) is 0. The molecule has 0 radical (unpaired) electrons. The van der Waals surface area contributed by atoms with Crippen molar-refractivity contribution in [1.82, 2.24) is 4.31 Å². The number of carboxylic acids is 1. The van der Waals surface area contributed by atoms with Gasteiger partial charge in [0.2, 0.25) is 10.0 Å². The first-order valence-corrected chi connectivity index (χ1v) is 6.62. The van der Waals surface area contributed by atoms with Crippen molar-refractivity contribution in [2.45, 2.75) is 38.2 Å². The summed E-state index contributed by atoms with van der Waals surface area (Å²) in [4.78, 5) is 10.7. The van der Waals surface area contributed by atoms with Crippen molar-refractivity contribution >= 4 is 16.0 Å². The molecule has 7 heteroatoms. The van der Waals surface area contributed by atoms with E-state index in [4.69, 9.17) is 9.84 Å². The maximum Gasteiger partial charge on any atom is 0.323 e. The average molecular weight is 251 g/mol. The highest BCUT2D eigenvalue weighted by Gasteiger charge is 2.37. The molecule has 16 heavy (non-hydrogen) atoms. The number of morpholine rings is 1. The van der Waals surface area contributed by atoms with Gasteiger partial charge in [-0.25, -0.2) is 8.42 Å². The minimum absolute atomic E-state index is 0.209. The fourth-order valence-electron chi connectivity index (χ4n) is 1.69. The monoisotopic (exact) mass is 251 g/mol. The van der Waals surface area contributed by atoms with Crippen LogP contribution in [0.25, 0.3) is 0 Å². The molecule has 1 heterocycles. The number of ether oxygens (including phenoxy) is 1. The van der Waals surface area contributed by atoms with Crippen molar-refractivity contribution < 1.29 is 23.1 Å². The Hall–Kier alpha value is -0.660. The topological polar surface area (TPSA) is 83.9 Å². The van der Waals surface area contributed by atoms with Gasteiger partial charge in [-0.05, 0) is 20.8 Å². The van der Waals surface area contributed by atoms with E-state index in [0.717, 1.165) is 0 Å². The third kappa shape index (κ3) is 2.72. The molecule has 0 spiro atoms. The number of aliphatic carboxylic acids is 1. The summed E-state index contributed by atoms with van der Waals surface area (Å²) >= 11 is 0. The zero-order valence-electron chi connectivity index (χ0n) is 9.58. The van der Waals surface area contributed by atoms with Crippen LogP contribution in [0.2, 0.25) is 0 Å². The Morgan fingerprint density at radius 1 is 1.38 bits per heavy atom. The van der Waals surface area contributed by atoms with Gasteiger partial charge in [-0.15, -0.1) is 0 Å². The van der Waals surface area contributed by atoms with Crippen LogP contribution in [-0.2, 0) is 19.6 Å². The van der Waals surface area contributed by atoms with E-state index in [-0.39, 0.29) is 25.3 Å². The van der Waals surface area contributed by atoms with Crippen molar-refractivity contribution in [3.05, 3.63) is 0 Å². The molecule has 0 aliphatic carbocycles. The van der Waals surface area contributed by atoms with Crippen molar-refractivity contribution in [3.63, 3.8) is 0 Å². The largest absolute Gasteiger partial charge is 0.480 e. The first-order valence-electron chi connectivity index (χ1n) is 5.12. The lowest BCUT2D eigenvalue weighted by Gasteiger charge is -2.35. The van der Waals surface area contributed by atoms with Gasteiger partial charge in [-0.3, -0.25) is 4.79 Å². The highest BCUT2D eigenvalue weighted by Crippen LogP contribution is 2.17. The fourth-order valence-corrected chi connectivity index (χ4v) is 3.23. The normalized spacial score (nSPS) is 29.9. The van der Waals surface area contributed by atoms with Crippen molar-refractivity contribution in [2.75, 3.05) is 13.1 Å². The van der Waals surface area contributed by atoms with E-state index in [1.807, 2.05) is 0 Å². The lowest BCUT2D eigenvalue weighted by Crippen LogP contribution is -2.51. The van der Waals surface area contributed by atoms with Crippen LogP contribution in [0.1, 0.15) is 20.8 Å². The maximum atomic E-state index is 11.9. The smallest absolute Gasteiger partial charge is 0.323 e. The molecule has 1 N–H and O–H groups in total. The van der Waals surface area contributed by atoms with E-state index in [1.54, 1.807) is 13.8 Å². The summed E-state index contributed by atoms with van der Waals surface area (Å²) < 4.78 is 30.4. The molecule has 1 fully saturated rings. The lowest BCUT2D eigenvalue weighted by molar-refractivity contribution is -0.136. The number of hydrogen-bond acceptors (Lipinski definition) is 4. The Balaban J connectivity index is 2.87. The molecule has 0 bridgehead atoms. The first-order chi connectivity index (χ1) is 7.25. The van der Waals surface area contributed by atoms with E-state index in [9.17, 15) is 13.2 Å². The van der Waals surface area contributed by atoms with Gasteiger partial charge in [0.1, 0.15) is 0 Å². The van der Waals surface area contributed by atoms with Crippen LogP contribution < -0.4 is 0 Å². The Bertz CT molecular complexity index is 356. The van der Waals surface area contributed by atoms with Crippen LogP contribution in [0.3, 0.4) is 0 Å². The first kappa shape index (κ1) is 13.4. The van der Waals surface area contributed by atoms with Gasteiger partial charge >= 0.3 is 5.97 Å². The molecule has 6 nitrogen and oxygen atoms in total. The Morgan fingerprint density at radius 2 is 1.81 bits per heavy atom. The highest BCUT2D eigenvalue weighted by molar-refractivity contribution is 7.90. The highest BCUT2D eigenvalue weighted by atomic mass is 32.2. The van der Waals surface area contributed by atoms with E-state index < -0.39 is 21.2 Å². The molecule has 1 rings (SSSR count). The molecule has 1 aliphatic heterocycles. The molecule has 0 aromatic heterocycles. The van der Waals surface area contributed by atoms with Gasteiger partial charge in [0.25, 0.3) is 0 Å². The minimum Gasteiger partial charge on any atom is -0.480 e. The molecule has 1 saturated heterocycles.